The quantitative estimate of drug-likeness (QED) is 0.521. The van der Waals surface area contributed by atoms with Gasteiger partial charge in [-0.2, -0.15) is 0 Å². The standard InChI is InChI=1S/C21H25NO/c1-17-7-5-9-19(13-17)16-23-22-15-18-8-6-12-21(14-18)20-10-3-2-4-11-20/h5-9,12-15,20H,2-4,10-11,16H2,1H3. The van der Waals surface area contributed by atoms with E-state index < -0.39 is 0 Å². The van der Waals surface area contributed by atoms with Crippen LogP contribution in [-0.4, -0.2) is 6.21 Å². The summed E-state index contributed by atoms with van der Waals surface area (Å²) in [5.74, 6) is 0.727. The Hall–Kier alpha value is -2.09. The first kappa shape index (κ1) is 15.8. The van der Waals surface area contributed by atoms with Crippen LogP contribution < -0.4 is 0 Å². The molecule has 2 nitrogen and oxygen atoms in total. The van der Waals surface area contributed by atoms with E-state index in [9.17, 15) is 0 Å². The Bertz CT molecular complexity index is 656. The zero-order valence-electron chi connectivity index (χ0n) is 13.9. The molecule has 3 rings (SSSR count). The lowest BCUT2D eigenvalue weighted by atomic mass is 9.84. The third-order valence-corrected chi connectivity index (χ3v) is 4.58. The van der Waals surface area contributed by atoms with E-state index in [0.29, 0.717) is 6.61 Å². The van der Waals surface area contributed by atoms with E-state index in [1.165, 1.54) is 43.2 Å². The second-order valence-corrected chi connectivity index (χ2v) is 6.50. The summed E-state index contributed by atoms with van der Waals surface area (Å²) in [5, 5.41) is 4.13. The van der Waals surface area contributed by atoms with E-state index >= 15 is 0 Å². The third kappa shape index (κ3) is 4.69. The Balaban J connectivity index is 1.57. The summed E-state index contributed by atoms with van der Waals surface area (Å²) in [6.45, 7) is 2.60. The van der Waals surface area contributed by atoms with Crippen molar-refractivity contribution < 1.29 is 4.84 Å². The largest absolute Gasteiger partial charge is 0.391 e. The van der Waals surface area contributed by atoms with E-state index in [0.717, 1.165) is 17.0 Å². The van der Waals surface area contributed by atoms with E-state index in [2.05, 4.69) is 54.5 Å². The molecule has 0 unspecified atom stereocenters. The minimum Gasteiger partial charge on any atom is -0.391 e. The van der Waals surface area contributed by atoms with Gasteiger partial charge in [0.1, 0.15) is 6.61 Å². The Morgan fingerprint density at radius 2 is 1.87 bits per heavy atom. The first-order chi connectivity index (χ1) is 11.3. The Morgan fingerprint density at radius 1 is 1.04 bits per heavy atom. The van der Waals surface area contributed by atoms with E-state index in [4.69, 9.17) is 4.84 Å². The van der Waals surface area contributed by atoms with Crippen molar-refractivity contribution in [2.45, 2.75) is 51.6 Å². The van der Waals surface area contributed by atoms with Gasteiger partial charge in [-0.3, -0.25) is 0 Å². The fraction of sp³-hybridized carbons (Fsp3) is 0.381. The van der Waals surface area contributed by atoms with Crippen molar-refractivity contribution in [3.8, 4) is 0 Å². The van der Waals surface area contributed by atoms with E-state index in [1.54, 1.807) is 0 Å². The van der Waals surface area contributed by atoms with Gasteiger partial charge in [-0.25, -0.2) is 0 Å². The average Bonchev–Trinajstić information content (AvgIpc) is 2.60. The molecule has 0 radical (unpaired) electrons. The zero-order valence-corrected chi connectivity index (χ0v) is 13.9. The Kier molecular flexibility index (Phi) is 5.46. The molecule has 2 aromatic carbocycles. The van der Waals surface area contributed by atoms with Crippen LogP contribution in [-0.2, 0) is 11.4 Å². The predicted molar refractivity (Wildman–Crippen MR) is 95.8 cm³/mol. The fourth-order valence-electron chi connectivity index (χ4n) is 3.34. The Morgan fingerprint density at radius 3 is 2.70 bits per heavy atom. The molecule has 120 valence electrons. The maximum absolute atomic E-state index is 5.43. The van der Waals surface area contributed by atoms with Crippen LogP contribution in [0.1, 0.15) is 60.3 Å². The van der Waals surface area contributed by atoms with Crippen molar-refractivity contribution in [1.29, 1.82) is 0 Å². The summed E-state index contributed by atoms with van der Waals surface area (Å²) < 4.78 is 0. The van der Waals surface area contributed by atoms with Crippen LogP contribution in [0.25, 0.3) is 0 Å². The minimum absolute atomic E-state index is 0.514. The number of rotatable bonds is 5. The topological polar surface area (TPSA) is 21.6 Å². The van der Waals surface area contributed by atoms with Crippen molar-refractivity contribution in [2.75, 3.05) is 0 Å². The highest BCUT2D eigenvalue weighted by molar-refractivity contribution is 5.79. The molecule has 0 spiro atoms. The van der Waals surface area contributed by atoms with Gasteiger partial charge >= 0.3 is 0 Å². The molecule has 1 aliphatic carbocycles. The van der Waals surface area contributed by atoms with Crippen molar-refractivity contribution >= 4 is 6.21 Å². The summed E-state index contributed by atoms with van der Waals surface area (Å²) in [7, 11) is 0. The van der Waals surface area contributed by atoms with Gasteiger partial charge in [-0.1, -0.05) is 72.4 Å². The average molecular weight is 307 g/mol. The third-order valence-electron chi connectivity index (χ3n) is 4.58. The highest BCUT2D eigenvalue weighted by Crippen LogP contribution is 2.32. The van der Waals surface area contributed by atoms with Crippen molar-refractivity contribution in [2.24, 2.45) is 5.16 Å². The lowest BCUT2D eigenvalue weighted by Crippen LogP contribution is -2.04. The summed E-state index contributed by atoms with van der Waals surface area (Å²) in [4.78, 5) is 5.43. The van der Waals surface area contributed by atoms with Crippen LogP contribution in [0.2, 0.25) is 0 Å². The molecule has 0 amide bonds. The van der Waals surface area contributed by atoms with Crippen LogP contribution >= 0.6 is 0 Å². The van der Waals surface area contributed by atoms with Gasteiger partial charge < -0.3 is 4.84 Å². The van der Waals surface area contributed by atoms with Gasteiger partial charge in [0.2, 0.25) is 0 Å². The molecule has 23 heavy (non-hydrogen) atoms. The van der Waals surface area contributed by atoms with Gasteiger partial charge in [0, 0.05) is 0 Å². The summed E-state index contributed by atoms with van der Waals surface area (Å²) in [6, 6.07) is 17.1. The fourth-order valence-corrected chi connectivity index (χ4v) is 3.34. The van der Waals surface area contributed by atoms with E-state index in [1.807, 2.05) is 12.3 Å². The highest BCUT2D eigenvalue weighted by atomic mass is 16.6. The van der Waals surface area contributed by atoms with E-state index in [-0.39, 0.29) is 0 Å². The highest BCUT2D eigenvalue weighted by Gasteiger charge is 2.15. The zero-order chi connectivity index (χ0) is 15.9. The monoisotopic (exact) mass is 307 g/mol. The lowest BCUT2D eigenvalue weighted by Gasteiger charge is -2.22. The number of nitrogens with zero attached hydrogens (tertiary/aromatic N) is 1. The summed E-state index contributed by atoms with van der Waals surface area (Å²) in [5.41, 5.74) is 4.97. The molecule has 1 fully saturated rings. The van der Waals surface area contributed by atoms with Crippen molar-refractivity contribution in [3.63, 3.8) is 0 Å². The molecule has 2 heteroatoms. The van der Waals surface area contributed by atoms with Gasteiger partial charge in [-0.05, 0) is 48.4 Å². The van der Waals surface area contributed by atoms with Crippen LogP contribution in [0.4, 0.5) is 0 Å². The maximum atomic E-state index is 5.43. The van der Waals surface area contributed by atoms with Crippen LogP contribution in [0.3, 0.4) is 0 Å². The number of aryl methyl sites for hydroxylation is 1. The molecule has 0 atom stereocenters. The van der Waals surface area contributed by atoms with Gasteiger partial charge in [0.05, 0.1) is 6.21 Å². The molecule has 0 aromatic heterocycles. The van der Waals surface area contributed by atoms with Crippen molar-refractivity contribution in [1.82, 2.24) is 0 Å². The minimum atomic E-state index is 0.514. The molecule has 0 N–H and O–H groups in total. The molecule has 0 saturated heterocycles. The number of oxime groups is 1. The first-order valence-corrected chi connectivity index (χ1v) is 8.62. The second-order valence-electron chi connectivity index (χ2n) is 6.50. The molecule has 0 aliphatic heterocycles. The number of hydrogen-bond acceptors (Lipinski definition) is 2. The second kappa shape index (κ2) is 7.96. The van der Waals surface area contributed by atoms with Gasteiger partial charge in [0.25, 0.3) is 0 Å². The van der Waals surface area contributed by atoms with Crippen LogP contribution in [0, 0.1) is 6.92 Å². The Labute approximate surface area is 139 Å². The van der Waals surface area contributed by atoms with Gasteiger partial charge in [-0.15, -0.1) is 0 Å². The summed E-state index contributed by atoms with van der Waals surface area (Å²) >= 11 is 0. The molecule has 1 aliphatic rings. The molecule has 2 aromatic rings. The van der Waals surface area contributed by atoms with Crippen molar-refractivity contribution in [3.05, 3.63) is 70.8 Å². The normalized spacial score (nSPS) is 15.9. The summed E-state index contributed by atoms with van der Waals surface area (Å²) in [6.07, 6.45) is 8.59. The molecular weight excluding hydrogens is 282 g/mol. The van der Waals surface area contributed by atoms with Crippen LogP contribution in [0.15, 0.2) is 53.7 Å². The first-order valence-electron chi connectivity index (χ1n) is 8.62. The predicted octanol–water partition coefficient (Wildman–Crippen LogP) is 5.59. The lowest BCUT2D eigenvalue weighted by molar-refractivity contribution is 0.132. The smallest absolute Gasteiger partial charge is 0.142 e. The SMILES string of the molecule is Cc1cccc(CON=Cc2cccc(C3CCCCC3)c2)c1. The number of hydrogen-bond donors (Lipinski definition) is 0. The van der Waals surface area contributed by atoms with Gasteiger partial charge in [0.15, 0.2) is 0 Å². The molecule has 0 heterocycles. The molecular formula is C21H25NO. The molecule has 0 bridgehead atoms. The van der Waals surface area contributed by atoms with Crippen LogP contribution in [0.5, 0.6) is 0 Å². The maximum Gasteiger partial charge on any atom is 0.142 e. The number of benzene rings is 2. The molecule has 1 saturated carbocycles.